The number of H-pyrrole nitrogens is 1. The first-order valence-corrected chi connectivity index (χ1v) is 14.1. The zero-order chi connectivity index (χ0) is 26.7. The molecule has 198 valence electrons. The third-order valence-corrected chi connectivity index (χ3v) is 7.71. The molecule has 9 nitrogen and oxygen atoms in total. The van der Waals surface area contributed by atoms with Gasteiger partial charge in [0, 0.05) is 12.0 Å². The van der Waals surface area contributed by atoms with Gasteiger partial charge in [-0.05, 0) is 49.1 Å². The largest absolute Gasteiger partial charge is 0.335 e. The zero-order valence-corrected chi connectivity index (χ0v) is 21.8. The van der Waals surface area contributed by atoms with Crippen LogP contribution in [0.3, 0.4) is 0 Å². The monoisotopic (exact) mass is 526 g/mol. The number of carbonyl (C=O) groups is 2. The molecule has 10 heteroatoms. The molecule has 1 aliphatic carbocycles. The number of urea groups is 1. The van der Waals surface area contributed by atoms with E-state index in [4.69, 9.17) is 0 Å². The first-order chi connectivity index (χ1) is 17.8. The lowest BCUT2D eigenvalue weighted by Crippen LogP contribution is -2.45. The average Bonchev–Trinajstić information content (AvgIpc) is 2.90. The van der Waals surface area contributed by atoms with Crippen molar-refractivity contribution in [2.45, 2.75) is 75.1 Å². The summed E-state index contributed by atoms with van der Waals surface area (Å²) in [5.41, 5.74) is 1.44. The maximum absolute atomic E-state index is 12.4. The van der Waals surface area contributed by atoms with E-state index < -0.39 is 16.1 Å². The normalized spacial score (nSPS) is 14.7. The summed E-state index contributed by atoms with van der Waals surface area (Å²) in [5, 5.41) is 3.37. The highest BCUT2D eigenvalue weighted by Gasteiger charge is 2.21. The third-order valence-electron chi connectivity index (χ3n) is 6.37. The molecule has 37 heavy (non-hydrogen) atoms. The Balaban J connectivity index is 0.000000284. The molecule has 3 N–H and O–H groups in total. The molecule has 2 aromatic carbocycles. The van der Waals surface area contributed by atoms with Crippen LogP contribution in [0, 0.1) is 0 Å². The van der Waals surface area contributed by atoms with Crippen LogP contribution in [-0.2, 0) is 14.8 Å². The van der Waals surface area contributed by atoms with E-state index in [1.54, 1.807) is 18.2 Å². The van der Waals surface area contributed by atoms with Gasteiger partial charge in [0.15, 0.2) is 0 Å². The Labute approximate surface area is 217 Å². The number of amides is 2. The number of nitrogens with one attached hydrogen (secondary N) is 3. The van der Waals surface area contributed by atoms with Crippen LogP contribution in [0.25, 0.3) is 10.9 Å². The highest BCUT2D eigenvalue weighted by molar-refractivity contribution is 7.90. The first kappa shape index (κ1) is 28.0. The van der Waals surface area contributed by atoms with E-state index in [2.05, 4.69) is 26.9 Å². The molecule has 0 spiro atoms. The number of unbranched alkanes of at least 4 members (excludes halogenated alkanes) is 1. The Morgan fingerprint density at radius 2 is 1.81 bits per heavy atom. The molecule has 1 unspecified atom stereocenters. The minimum Gasteiger partial charge on any atom is -0.335 e. The van der Waals surface area contributed by atoms with Crippen molar-refractivity contribution in [3.63, 3.8) is 0 Å². The van der Waals surface area contributed by atoms with E-state index >= 15 is 0 Å². The molecule has 4 rings (SSSR count). The predicted octanol–water partition coefficient (Wildman–Crippen LogP) is 4.40. The number of hydrogen-bond donors (Lipinski definition) is 3. The molecule has 1 heterocycles. The smallest absolute Gasteiger partial charge is 0.328 e. The highest BCUT2D eigenvalue weighted by Crippen LogP contribution is 2.22. The number of aldehydes is 1. The molecule has 0 bridgehead atoms. The van der Waals surface area contributed by atoms with Crippen LogP contribution < -0.4 is 15.6 Å². The van der Waals surface area contributed by atoms with Gasteiger partial charge < -0.3 is 15.1 Å². The predicted molar refractivity (Wildman–Crippen MR) is 143 cm³/mol. The number of benzene rings is 2. The zero-order valence-electron chi connectivity index (χ0n) is 21.0. The van der Waals surface area contributed by atoms with Crippen molar-refractivity contribution in [3.05, 3.63) is 70.8 Å². The van der Waals surface area contributed by atoms with Gasteiger partial charge in [-0.2, -0.15) is 0 Å². The fraction of sp³-hybridized carbons (Fsp3) is 0.407. The second-order valence-corrected chi connectivity index (χ2v) is 10.8. The molecule has 1 saturated carbocycles. The van der Waals surface area contributed by atoms with E-state index in [1.807, 2.05) is 18.2 Å². The van der Waals surface area contributed by atoms with Gasteiger partial charge in [-0.25, -0.2) is 22.9 Å². The molecule has 3 aromatic rings. The van der Waals surface area contributed by atoms with Crippen molar-refractivity contribution < 1.29 is 18.0 Å². The number of sulfonamides is 1. The topological polar surface area (TPSA) is 138 Å². The quantitative estimate of drug-likeness (QED) is 0.372. The summed E-state index contributed by atoms with van der Waals surface area (Å²) in [7, 11) is -3.93. The molecule has 1 atom stereocenters. The van der Waals surface area contributed by atoms with Gasteiger partial charge in [0.1, 0.15) is 6.29 Å². The van der Waals surface area contributed by atoms with Gasteiger partial charge in [-0.3, -0.25) is 4.79 Å². The van der Waals surface area contributed by atoms with Crippen LogP contribution in [-0.4, -0.2) is 36.7 Å². The van der Waals surface area contributed by atoms with Crippen LogP contribution in [0.1, 0.15) is 69.8 Å². The number of carbonyl (C=O) groups excluding carboxylic acids is 2. The van der Waals surface area contributed by atoms with Crippen molar-refractivity contribution in [1.82, 2.24) is 20.0 Å². The summed E-state index contributed by atoms with van der Waals surface area (Å²) in [4.78, 5) is 40.8. The lowest BCUT2D eigenvalue weighted by molar-refractivity contribution is -0.109. The molecular weight excluding hydrogens is 492 g/mol. The number of rotatable bonds is 8. The Kier molecular flexibility index (Phi) is 10.4. The van der Waals surface area contributed by atoms with Gasteiger partial charge in [-0.15, -0.1) is 0 Å². The highest BCUT2D eigenvalue weighted by atomic mass is 32.2. The van der Waals surface area contributed by atoms with Crippen molar-refractivity contribution in [2.75, 3.05) is 0 Å². The van der Waals surface area contributed by atoms with E-state index in [-0.39, 0.29) is 22.4 Å². The van der Waals surface area contributed by atoms with Gasteiger partial charge >= 0.3 is 6.03 Å². The second kappa shape index (κ2) is 13.7. The van der Waals surface area contributed by atoms with E-state index in [9.17, 15) is 22.8 Å². The summed E-state index contributed by atoms with van der Waals surface area (Å²) in [6.07, 6.45) is 10.0. The Morgan fingerprint density at radius 3 is 2.46 bits per heavy atom. The molecule has 0 aliphatic heterocycles. The summed E-state index contributed by atoms with van der Waals surface area (Å²) in [5.74, 6) is -0.228. The van der Waals surface area contributed by atoms with Gasteiger partial charge in [0.05, 0.1) is 22.1 Å². The molecule has 0 radical (unpaired) electrons. The summed E-state index contributed by atoms with van der Waals surface area (Å²) in [6.45, 7) is 2.06. The minimum absolute atomic E-state index is 0.0141. The van der Waals surface area contributed by atoms with E-state index in [1.165, 1.54) is 18.5 Å². The van der Waals surface area contributed by atoms with Gasteiger partial charge in [0.2, 0.25) is 0 Å². The maximum atomic E-state index is 12.4. The summed E-state index contributed by atoms with van der Waals surface area (Å²) in [6, 6.07) is 12.7. The third kappa shape index (κ3) is 8.24. The van der Waals surface area contributed by atoms with Crippen molar-refractivity contribution in [1.29, 1.82) is 0 Å². The average molecular weight is 527 g/mol. The Bertz CT molecular complexity index is 1330. The standard InChI is InChI=1S/C19H28N2O4S.C8H6N2O/c1-2-3-7-16(14-22)15-10-12-18(13-11-15)26(24,25)21-19(23)20-17-8-5-4-6-9-17;11-8-6-3-1-2-4-7(6)9-5-10-8/h10-14,16-17H,2-9H2,1H3,(H2,20,21,23);1-5H,(H,9,10,11). The maximum Gasteiger partial charge on any atom is 0.328 e. The molecule has 2 amide bonds. The number of aromatic nitrogens is 2. The Hall–Kier alpha value is -3.53. The van der Waals surface area contributed by atoms with Gasteiger partial charge in [0.25, 0.3) is 15.6 Å². The molecule has 1 aliphatic rings. The molecule has 1 aromatic heterocycles. The fourth-order valence-electron chi connectivity index (χ4n) is 4.29. The van der Waals surface area contributed by atoms with Crippen LogP contribution in [0.2, 0.25) is 0 Å². The summed E-state index contributed by atoms with van der Waals surface area (Å²) < 4.78 is 26.8. The van der Waals surface area contributed by atoms with Crippen molar-refractivity contribution >= 4 is 33.2 Å². The number of hydrogen-bond acceptors (Lipinski definition) is 6. The summed E-state index contributed by atoms with van der Waals surface area (Å²) >= 11 is 0. The minimum atomic E-state index is -3.93. The number of nitrogens with zero attached hydrogens (tertiary/aromatic N) is 1. The second-order valence-electron chi connectivity index (χ2n) is 9.12. The van der Waals surface area contributed by atoms with Crippen molar-refractivity contribution in [3.8, 4) is 0 Å². The van der Waals surface area contributed by atoms with Crippen LogP contribution in [0.4, 0.5) is 4.79 Å². The van der Waals surface area contributed by atoms with Crippen LogP contribution in [0.15, 0.2) is 64.5 Å². The van der Waals surface area contributed by atoms with Crippen molar-refractivity contribution in [2.24, 2.45) is 0 Å². The lowest BCUT2D eigenvalue weighted by Gasteiger charge is -2.22. The Morgan fingerprint density at radius 1 is 1.11 bits per heavy atom. The fourth-order valence-corrected chi connectivity index (χ4v) is 5.21. The SMILES string of the molecule is CCCCC(C=O)c1ccc(S(=O)(=O)NC(=O)NC2CCCCC2)cc1.O=c1[nH]cnc2ccccc12. The first-order valence-electron chi connectivity index (χ1n) is 12.6. The number of fused-ring (bicyclic) bond motifs is 1. The van der Waals surface area contributed by atoms with Gasteiger partial charge in [-0.1, -0.05) is 63.3 Å². The van der Waals surface area contributed by atoms with E-state index in [0.717, 1.165) is 68.7 Å². The van der Waals surface area contributed by atoms with Crippen LogP contribution in [0.5, 0.6) is 0 Å². The number of para-hydroxylation sites is 1. The van der Waals surface area contributed by atoms with Crippen LogP contribution >= 0.6 is 0 Å². The molecule has 0 saturated heterocycles. The lowest BCUT2D eigenvalue weighted by atomic mass is 9.95. The molecular formula is C27H34N4O5S. The van der Waals surface area contributed by atoms with E-state index in [0.29, 0.717) is 5.39 Å². The molecule has 1 fully saturated rings. The number of aromatic amines is 1.